The molecule has 1 fully saturated rings. The summed E-state index contributed by atoms with van der Waals surface area (Å²) in [4.78, 5) is 0. The highest BCUT2D eigenvalue weighted by Crippen LogP contribution is 2.24. The molecule has 1 aliphatic rings. The summed E-state index contributed by atoms with van der Waals surface area (Å²) in [5.41, 5.74) is 0.485. The molecule has 0 unspecified atom stereocenters. The Morgan fingerprint density at radius 3 is 2.71 bits per heavy atom. The minimum Gasteiger partial charge on any atom is -0.391 e. The van der Waals surface area contributed by atoms with Crippen LogP contribution in [0.3, 0.4) is 0 Å². The number of nitrogens with one attached hydrogen (secondary N) is 1. The first kappa shape index (κ1) is 9.46. The predicted octanol–water partition coefficient (Wildman–Crippen LogP) is 2.15. The molecule has 0 radical (unpaired) electrons. The molecule has 1 aromatic carbocycles. The van der Waals surface area contributed by atoms with Crippen molar-refractivity contribution >= 4 is 5.69 Å². The molecule has 14 heavy (non-hydrogen) atoms. The highest BCUT2D eigenvalue weighted by atomic mass is 19.1. The van der Waals surface area contributed by atoms with Gasteiger partial charge in [0.15, 0.2) is 0 Å². The Morgan fingerprint density at radius 1 is 1.29 bits per heavy atom. The summed E-state index contributed by atoms with van der Waals surface area (Å²) in [6.07, 6.45) is 2.39. The zero-order valence-corrected chi connectivity index (χ0v) is 7.91. The largest absolute Gasteiger partial charge is 0.391 e. The predicted molar refractivity (Wildman–Crippen MR) is 53.7 cm³/mol. The number of anilines is 1. The van der Waals surface area contributed by atoms with E-state index in [1.54, 1.807) is 18.2 Å². The van der Waals surface area contributed by atoms with Gasteiger partial charge in [0, 0.05) is 0 Å². The lowest BCUT2D eigenvalue weighted by atomic mass is 10.2. The van der Waals surface area contributed by atoms with Crippen molar-refractivity contribution in [3.63, 3.8) is 0 Å². The van der Waals surface area contributed by atoms with Crippen molar-refractivity contribution in [3.05, 3.63) is 30.1 Å². The fourth-order valence-corrected chi connectivity index (χ4v) is 1.89. The van der Waals surface area contributed by atoms with Crippen molar-refractivity contribution in [1.29, 1.82) is 0 Å². The van der Waals surface area contributed by atoms with Crippen molar-refractivity contribution in [2.75, 3.05) is 5.32 Å². The van der Waals surface area contributed by atoms with Crippen LogP contribution in [-0.2, 0) is 0 Å². The third-order valence-electron chi connectivity index (χ3n) is 2.69. The maximum absolute atomic E-state index is 13.2. The zero-order chi connectivity index (χ0) is 9.97. The maximum atomic E-state index is 13.2. The van der Waals surface area contributed by atoms with E-state index in [0.717, 1.165) is 19.3 Å². The zero-order valence-electron chi connectivity index (χ0n) is 7.91. The van der Waals surface area contributed by atoms with Gasteiger partial charge < -0.3 is 10.4 Å². The highest BCUT2D eigenvalue weighted by molar-refractivity contribution is 5.45. The average molecular weight is 195 g/mol. The molecule has 2 nitrogen and oxygen atoms in total. The smallest absolute Gasteiger partial charge is 0.146 e. The van der Waals surface area contributed by atoms with Crippen LogP contribution in [0.5, 0.6) is 0 Å². The quantitative estimate of drug-likeness (QED) is 0.757. The topological polar surface area (TPSA) is 32.3 Å². The second-order valence-electron chi connectivity index (χ2n) is 3.73. The van der Waals surface area contributed by atoms with Gasteiger partial charge in [-0.1, -0.05) is 12.1 Å². The Morgan fingerprint density at radius 2 is 2.07 bits per heavy atom. The lowest BCUT2D eigenvalue weighted by Crippen LogP contribution is -2.28. The fraction of sp³-hybridized carbons (Fsp3) is 0.455. The average Bonchev–Trinajstić information content (AvgIpc) is 2.56. The molecule has 1 aromatic rings. The summed E-state index contributed by atoms with van der Waals surface area (Å²) in [6, 6.07) is 6.56. The minimum absolute atomic E-state index is 0.00639. The number of benzene rings is 1. The third-order valence-corrected chi connectivity index (χ3v) is 2.69. The van der Waals surface area contributed by atoms with Gasteiger partial charge in [-0.25, -0.2) is 4.39 Å². The van der Waals surface area contributed by atoms with E-state index in [2.05, 4.69) is 5.32 Å². The molecule has 3 heteroatoms. The van der Waals surface area contributed by atoms with Crippen LogP contribution in [0.4, 0.5) is 10.1 Å². The Bertz CT molecular complexity index is 316. The molecular formula is C11H14FNO. The minimum atomic E-state index is -0.338. The first-order valence-corrected chi connectivity index (χ1v) is 4.96. The van der Waals surface area contributed by atoms with Crippen molar-refractivity contribution < 1.29 is 9.50 Å². The third kappa shape index (κ3) is 1.87. The van der Waals surface area contributed by atoms with Crippen LogP contribution in [0.2, 0.25) is 0 Å². The van der Waals surface area contributed by atoms with E-state index in [4.69, 9.17) is 0 Å². The van der Waals surface area contributed by atoms with E-state index in [-0.39, 0.29) is 18.0 Å². The molecule has 0 aliphatic heterocycles. The number of aliphatic hydroxyl groups excluding tert-OH is 1. The molecule has 1 aliphatic carbocycles. The lowest BCUT2D eigenvalue weighted by Gasteiger charge is -2.17. The maximum Gasteiger partial charge on any atom is 0.146 e. The number of hydrogen-bond donors (Lipinski definition) is 2. The van der Waals surface area contributed by atoms with Gasteiger partial charge in [0.25, 0.3) is 0 Å². The van der Waals surface area contributed by atoms with Gasteiger partial charge in [-0.3, -0.25) is 0 Å². The molecule has 0 aromatic heterocycles. The number of halogens is 1. The summed E-state index contributed by atoms with van der Waals surface area (Å²) in [7, 11) is 0. The van der Waals surface area contributed by atoms with Gasteiger partial charge in [-0.05, 0) is 31.4 Å². The molecule has 76 valence electrons. The molecule has 0 amide bonds. The van der Waals surface area contributed by atoms with Crippen molar-refractivity contribution in [2.24, 2.45) is 0 Å². The summed E-state index contributed by atoms with van der Waals surface area (Å²) in [5.74, 6) is -0.258. The van der Waals surface area contributed by atoms with Crippen LogP contribution in [0.25, 0.3) is 0 Å². The molecule has 0 saturated heterocycles. The van der Waals surface area contributed by atoms with Gasteiger partial charge in [-0.2, -0.15) is 0 Å². The van der Waals surface area contributed by atoms with E-state index in [9.17, 15) is 9.50 Å². The molecule has 2 rings (SSSR count). The first-order valence-electron chi connectivity index (χ1n) is 4.96. The molecule has 0 spiro atoms. The fourth-order valence-electron chi connectivity index (χ4n) is 1.89. The number of hydrogen-bond acceptors (Lipinski definition) is 2. The van der Waals surface area contributed by atoms with E-state index in [0.29, 0.717) is 5.69 Å². The molecule has 0 bridgehead atoms. The number of rotatable bonds is 2. The van der Waals surface area contributed by atoms with Crippen molar-refractivity contribution in [1.82, 2.24) is 0 Å². The summed E-state index contributed by atoms with van der Waals surface area (Å²) in [5, 5.41) is 12.6. The molecule has 2 N–H and O–H groups in total. The monoisotopic (exact) mass is 195 g/mol. The molecule has 1 saturated carbocycles. The molecule has 2 atom stereocenters. The van der Waals surface area contributed by atoms with Gasteiger partial charge in [0.2, 0.25) is 0 Å². The first-order chi connectivity index (χ1) is 6.77. The summed E-state index contributed by atoms with van der Waals surface area (Å²) in [6.45, 7) is 0. The Kier molecular flexibility index (Phi) is 2.68. The van der Waals surface area contributed by atoms with Crippen LogP contribution in [0.15, 0.2) is 24.3 Å². The van der Waals surface area contributed by atoms with Gasteiger partial charge >= 0.3 is 0 Å². The van der Waals surface area contributed by atoms with Crippen LogP contribution < -0.4 is 5.32 Å². The Labute approximate surface area is 82.8 Å². The van der Waals surface area contributed by atoms with Gasteiger partial charge in [0.1, 0.15) is 5.82 Å². The van der Waals surface area contributed by atoms with E-state index in [1.165, 1.54) is 6.07 Å². The van der Waals surface area contributed by atoms with Crippen LogP contribution in [0, 0.1) is 5.82 Å². The van der Waals surface area contributed by atoms with Gasteiger partial charge in [-0.15, -0.1) is 0 Å². The van der Waals surface area contributed by atoms with Gasteiger partial charge in [0.05, 0.1) is 17.8 Å². The Balaban J connectivity index is 2.07. The molecular weight excluding hydrogens is 181 g/mol. The summed E-state index contributed by atoms with van der Waals surface area (Å²) >= 11 is 0. The van der Waals surface area contributed by atoms with E-state index < -0.39 is 0 Å². The highest BCUT2D eigenvalue weighted by Gasteiger charge is 2.25. The van der Waals surface area contributed by atoms with E-state index >= 15 is 0 Å². The van der Waals surface area contributed by atoms with Crippen LogP contribution in [0.1, 0.15) is 19.3 Å². The summed E-state index contributed by atoms with van der Waals surface area (Å²) < 4.78 is 13.2. The van der Waals surface area contributed by atoms with Crippen LogP contribution in [-0.4, -0.2) is 17.3 Å². The van der Waals surface area contributed by atoms with Crippen molar-refractivity contribution in [2.45, 2.75) is 31.4 Å². The lowest BCUT2D eigenvalue weighted by molar-refractivity contribution is 0.171. The number of para-hydroxylation sites is 1. The Hall–Kier alpha value is -1.09. The normalized spacial score (nSPS) is 26.4. The van der Waals surface area contributed by atoms with Crippen molar-refractivity contribution in [3.8, 4) is 0 Å². The number of aliphatic hydroxyl groups is 1. The van der Waals surface area contributed by atoms with Crippen LogP contribution >= 0.6 is 0 Å². The second-order valence-corrected chi connectivity index (χ2v) is 3.73. The molecule has 0 heterocycles. The van der Waals surface area contributed by atoms with E-state index in [1.807, 2.05) is 0 Å². The second kappa shape index (κ2) is 3.96. The SMILES string of the molecule is O[C@@H]1CCC[C@@H]1Nc1ccccc1F. The standard InChI is InChI=1S/C11H14FNO/c12-8-4-1-2-5-9(8)13-10-6-3-7-11(10)14/h1-2,4-5,10-11,13-14H,3,6-7H2/t10-,11+/m0/s1.